The number of hydrogen-bond donors (Lipinski definition) is 4. The van der Waals surface area contributed by atoms with Gasteiger partial charge in [0.25, 0.3) is 0 Å². The number of aliphatic carboxylic acids is 2. The molecule has 1 unspecified atom stereocenters. The maximum absolute atomic E-state index is 10.8. The van der Waals surface area contributed by atoms with Crippen LogP contribution in [-0.4, -0.2) is 48.8 Å². The minimum atomic E-state index is -1.27. The molecule has 1 aromatic rings. The number of nitrogens with two attached hydrogens (primary N) is 1. The highest BCUT2D eigenvalue weighted by Gasteiger charge is 2.29. The summed E-state index contributed by atoms with van der Waals surface area (Å²) in [6.45, 7) is 0. The van der Waals surface area contributed by atoms with Crippen molar-refractivity contribution >= 4 is 11.9 Å². The second-order valence-electron chi connectivity index (χ2n) is 2.84. The van der Waals surface area contributed by atoms with Gasteiger partial charge in [0.1, 0.15) is 12.0 Å². The predicted molar refractivity (Wildman–Crippen MR) is 44.8 cm³/mol. The predicted octanol–water partition coefficient (Wildman–Crippen LogP) is -1.83. The number of rotatable bonds is 5. The number of carboxylic acids is 2. The van der Waals surface area contributed by atoms with E-state index in [9.17, 15) is 9.59 Å². The van der Waals surface area contributed by atoms with Crippen LogP contribution in [0.1, 0.15) is 18.2 Å². The third-order valence-corrected chi connectivity index (χ3v) is 1.78. The number of aromatic amines is 1. The van der Waals surface area contributed by atoms with Crippen LogP contribution in [-0.2, 0) is 9.59 Å². The van der Waals surface area contributed by atoms with Gasteiger partial charge in [0.05, 0.1) is 0 Å². The van der Waals surface area contributed by atoms with Gasteiger partial charge in [-0.25, -0.2) is 0 Å². The summed E-state index contributed by atoms with van der Waals surface area (Å²) in [6.07, 6.45) is -0.288. The molecule has 0 fully saturated rings. The first-order valence-corrected chi connectivity index (χ1v) is 3.97. The van der Waals surface area contributed by atoms with Gasteiger partial charge in [-0.1, -0.05) is 5.21 Å². The molecule has 15 heavy (non-hydrogen) atoms. The molecular formula is C6H9N5O4. The van der Waals surface area contributed by atoms with Crippen molar-refractivity contribution in [3.63, 3.8) is 0 Å². The summed E-state index contributed by atoms with van der Waals surface area (Å²) in [5.74, 6) is -3.77. The number of H-pyrrole nitrogens is 1. The van der Waals surface area contributed by atoms with Gasteiger partial charge in [0.15, 0.2) is 5.82 Å². The summed E-state index contributed by atoms with van der Waals surface area (Å²) in [6, 6.07) is -1.27. The van der Waals surface area contributed by atoms with Crippen molar-refractivity contribution in [1.82, 2.24) is 20.6 Å². The largest absolute Gasteiger partial charge is 0.481 e. The van der Waals surface area contributed by atoms with Crippen molar-refractivity contribution in [3.05, 3.63) is 5.82 Å². The standard InChI is InChI=1S/C6H9N5O4/c7-3(6(14)15)1-2(5(12)13)4-8-10-11-9-4/h2-3H,1,7H2,(H,12,13)(H,14,15)(H,8,9,10,11)/t2?,3-/m0/s1. The summed E-state index contributed by atoms with van der Waals surface area (Å²) in [5, 5.41) is 29.6. The zero-order valence-corrected chi connectivity index (χ0v) is 7.49. The average Bonchev–Trinajstić information content (AvgIpc) is 2.65. The van der Waals surface area contributed by atoms with Crippen LogP contribution >= 0.6 is 0 Å². The smallest absolute Gasteiger partial charge is 0.320 e. The molecular weight excluding hydrogens is 206 g/mol. The van der Waals surface area contributed by atoms with E-state index in [1.807, 2.05) is 0 Å². The number of carbonyl (C=O) groups is 2. The second-order valence-corrected chi connectivity index (χ2v) is 2.84. The lowest BCUT2D eigenvalue weighted by molar-refractivity contribution is -0.141. The molecule has 9 nitrogen and oxygen atoms in total. The molecule has 9 heteroatoms. The molecule has 5 N–H and O–H groups in total. The van der Waals surface area contributed by atoms with Crippen LogP contribution in [0.15, 0.2) is 0 Å². The minimum absolute atomic E-state index is 0.0841. The highest BCUT2D eigenvalue weighted by molar-refractivity contribution is 5.78. The lowest BCUT2D eigenvalue weighted by atomic mass is 10.00. The van der Waals surface area contributed by atoms with Gasteiger partial charge in [-0.05, 0) is 6.42 Å². The Morgan fingerprint density at radius 1 is 1.40 bits per heavy atom. The second kappa shape index (κ2) is 4.46. The summed E-state index contributed by atoms with van der Waals surface area (Å²) < 4.78 is 0. The normalized spacial score (nSPS) is 14.5. The van der Waals surface area contributed by atoms with E-state index in [1.165, 1.54) is 0 Å². The summed E-state index contributed by atoms with van der Waals surface area (Å²) >= 11 is 0. The van der Waals surface area contributed by atoms with Crippen molar-refractivity contribution in [3.8, 4) is 0 Å². The number of aromatic nitrogens is 4. The molecule has 0 radical (unpaired) electrons. The first-order chi connectivity index (χ1) is 7.02. The zero-order valence-electron chi connectivity index (χ0n) is 7.49. The van der Waals surface area contributed by atoms with Gasteiger partial charge in [-0.2, -0.15) is 5.21 Å². The van der Waals surface area contributed by atoms with Gasteiger partial charge in [0.2, 0.25) is 0 Å². The molecule has 0 aliphatic rings. The molecule has 0 aromatic carbocycles. The van der Waals surface area contributed by atoms with Crippen LogP contribution in [0.2, 0.25) is 0 Å². The molecule has 0 spiro atoms. The lowest BCUT2D eigenvalue weighted by Crippen LogP contribution is -2.34. The van der Waals surface area contributed by atoms with E-state index >= 15 is 0 Å². The van der Waals surface area contributed by atoms with Crippen LogP contribution < -0.4 is 5.73 Å². The van der Waals surface area contributed by atoms with E-state index in [-0.39, 0.29) is 12.2 Å². The minimum Gasteiger partial charge on any atom is -0.481 e. The van der Waals surface area contributed by atoms with Gasteiger partial charge < -0.3 is 15.9 Å². The summed E-state index contributed by atoms with van der Waals surface area (Å²) in [5.41, 5.74) is 5.21. The maximum atomic E-state index is 10.8. The molecule has 0 amide bonds. The van der Waals surface area contributed by atoms with E-state index in [0.717, 1.165) is 0 Å². The summed E-state index contributed by atoms with van der Waals surface area (Å²) in [7, 11) is 0. The molecule has 82 valence electrons. The molecule has 0 saturated carbocycles. The Hall–Kier alpha value is -2.03. The highest BCUT2D eigenvalue weighted by atomic mass is 16.4. The van der Waals surface area contributed by atoms with Crippen molar-refractivity contribution in [1.29, 1.82) is 0 Å². The maximum Gasteiger partial charge on any atom is 0.320 e. The Kier molecular flexibility index (Phi) is 3.29. The van der Waals surface area contributed by atoms with E-state index in [4.69, 9.17) is 15.9 Å². The number of tetrazole rings is 1. The molecule has 0 aliphatic carbocycles. The fourth-order valence-corrected chi connectivity index (χ4v) is 0.989. The Morgan fingerprint density at radius 2 is 2.07 bits per heavy atom. The van der Waals surface area contributed by atoms with Gasteiger partial charge >= 0.3 is 11.9 Å². The van der Waals surface area contributed by atoms with Crippen LogP contribution in [0.25, 0.3) is 0 Å². The highest BCUT2D eigenvalue weighted by Crippen LogP contribution is 2.16. The molecule has 1 rings (SSSR count). The van der Waals surface area contributed by atoms with Crippen LogP contribution in [0.5, 0.6) is 0 Å². The van der Waals surface area contributed by atoms with Crippen LogP contribution in [0.4, 0.5) is 0 Å². The third-order valence-electron chi connectivity index (χ3n) is 1.78. The number of nitrogens with one attached hydrogen (secondary N) is 1. The topological polar surface area (TPSA) is 155 Å². The molecule has 0 aliphatic heterocycles. The average molecular weight is 215 g/mol. The fraction of sp³-hybridized carbons (Fsp3) is 0.500. The number of nitrogens with zero attached hydrogens (tertiary/aromatic N) is 3. The van der Waals surface area contributed by atoms with Gasteiger partial charge in [-0.3, -0.25) is 9.59 Å². The Labute approximate surface area is 83.3 Å². The molecule has 0 bridgehead atoms. The van der Waals surface area contributed by atoms with E-state index < -0.39 is 23.9 Å². The Morgan fingerprint density at radius 3 is 2.47 bits per heavy atom. The number of carboxylic acid groups (broad SMARTS) is 2. The van der Waals surface area contributed by atoms with Gasteiger partial charge in [-0.15, -0.1) is 10.2 Å². The van der Waals surface area contributed by atoms with Crippen molar-refractivity contribution in [2.24, 2.45) is 5.73 Å². The van der Waals surface area contributed by atoms with Crippen LogP contribution in [0.3, 0.4) is 0 Å². The zero-order chi connectivity index (χ0) is 11.4. The molecule has 2 atom stereocenters. The van der Waals surface area contributed by atoms with E-state index in [2.05, 4.69) is 20.6 Å². The molecule has 1 heterocycles. The molecule has 1 aromatic heterocycles. The monoisotopic (exact) mass is 215 g/mol. The van der Waals surface area contributed by atoms with E-state index in [1.54, 1.807) is 0 Å². The van der Waals surface area contributed by atoms with Crippen molar-refractivity contribution < 1.29 is 19.8 Å². The Balaban J connectivity index is 2.77. The van der Waals surface area contributed by atoms with Crippen molar-refractivity contribution in [2.75, 3.05) is 0 Å². The fourth-order valence-electron chi connectivity index (χ4n) is 0.989. The Bertz CT molecular complexity index is 350. The summed E-state index contributed by atoms with van der Waals surface area (Å²) in [4.78, 5) is 21.2. The van der Waals surface area contributed by atoms with Crippen LogP contribution in [0, 0.1) is 0 Å². The van der Waals surface area contributed by atoms with Gasteiger partial charge in [0, 0.05) is 0 Å². The quantitative estimate of drug-likeness (QED) is 0.447. The van der Waals surface area contributed by atoms with Crippen molar-refractivity contribution in [2.45, 2.75) is 18.4 Å². The third kappa shape index (κ3) is 2.71. The number of hydrogen-bond acceptors (Lipinski definition) is 6. The lowest BCUT2D eigenvalue weighted by Gasteiger charge is -2.10. The molecule has 0 saturated heterocycles. The first kappa shape index (κ1) is 11.0. The van der Waals surface area contributed by atoms with E-state index in [0.29, 0.717) is 0 Å². The first-order valence-electron chi connectivity index (χ1n) is 3.97. The SMILES string of the molecule is N[C@@H](CC(C(=O)O)c1nn[nH]n1)C(=O)O.